The monoisotopic (exact) mass is 289 g/mol. The van der Waals surface area contributed by atoms with Gasteiger partial charge in [0.1, 0.15) is 0 Å². The van der Waals surface area contributed by atoms with Gasteiger partial charge in [0.15, 0.2) is 0 Å². The van der Waals surface area contributed by atoms with E-state index < -0.39 is 0 Å². The topological polar surface area (TPSA) is 84.2 Å². The van der Waals surface area contributed by atoms with Gasteiger partial charge in [-0.05, 0) is 18.4 Å². The lowest BCUT2D eigenvalue weighted by Gasteiger charge is -2.28. The average Bonchev–Trinajstić information content (AvgIpc) is 2.95. The highest BCUT2D eigenvalue weighted by atomic mass is 16.2. The molecule has 1 aromatic carbocycles. The quantitative estimate of drug-likeness (QED) is 0.722. The van der Waals surface area contributed by atoms with Gasteiger partial charge in [0.25, 0.3) is 0 Å². The molecule has 114 valence electrons. The summed E-state index contributed by atoms with van der Waals surface area (Å²) >= 11 is 0. The summed E-state index contributed by atoms with van der Waals surface area (Å²) in [6, 6.07) is 9.47. The molecule has 5 heteroatoms. The van der Waals surface area contributed by atoms with Gasteiger partial charge in [-0.2, -0.15) is 0 Å². The molecule has 1 aromatic rings. The van der Waals surface area contributed by atoms with Crippen LogP contribution in [0.2, 0.25) is 0 Å². The van der Waals surface area contributed by atoms with Crippen LogP contribution in [0.15, 0.2) is 30.3 Å². The summed E-state index contributed by atoms with van der Waals surface area (Å²) in [5, 5.41) is 5.64. The Balaban J connectivity index is 1.74. The molecule has 0 spiro atoms. The molecule has 1 aliphatic rings. The van der Waals surface area contributed by atoms with Gasteiger partial charge >= 0.3 is 0 Å². The summed E-state index contributed by atoms with van der Waals surface area (Å²) < 4.78 is 0. The third kappa shape index (κ3) is 4.56. The fourth-order valence-electron chi connectivity index (χ4n) is 2.79. The first kappa shape index (κ1) is 15.5. The van der Waals surface area contributed by atoms with Crippen molar-refractivity contribution in [2.45, 2.75) is 37.6 Å². The van der Waals surface area contributed by atoms with Crippen LogP contribution in [0.5, 0.6) is 0 Å². The first-order chi connectivity index (χ1) is 10.1. The van der Waals surface area contributed by atoms with Crippen LogP contribution in [-0.2, 0) is 16.0 Å². The van der Waals surface area contributed by atoms with E-state index in [9.17, 15) is 9.59 Å². The lowest BCUT2D eigenvalue weighted by atomic mass is 9.98. The highest BCUT2D eigenvalue weighted by molar-refractivity contribution is 5.86. The Bertz CT molecular complexity index is 482. The first-order valence-electron chi connectivity index (χ1n) is 7.45. The fraction of sp³-hybridized carbons (Fsp3) is 0.500. The maximum absolute atomic E-state index is 11.9. The van der Waals surface area contributed by atoms with Crippen molar-refractivity contribution in [2.24, 2.45) is 5.73 Å². The van der Waals surface area contributed by atoms with E-state index in [1.165, 1.54) is 0 Å². The number of amides is 2. The van der Waals surface area contributed by atoms with Crippen LogP contribution in [0.25, 0.3) is 0 Å². The number of benzene rings is 1. The maximum atomic E-state index is 11.9. The van der Waals surface area contributed by atoms with Crippen molar-refractivity contribution in [2.75, 3.05) is 13.1 Å². The number of hydrogen-bond acceptors (Lipinski definition) is 3. The smallest absolute Gasteiger partial charge is 0.239 e. The van der Waals surface area contributed by atoms with Crippen molar-refractivity contribution >= 4 is 11.8 Å². The molecule has 2 rings (SSSR count). The largest absolute Gasteiger partial charge is 0.348 e. The van der Waals surface area contributed by atoms with Crippen molar-refractivity contribution in [3.05, 3.63) is 35.9 Å². The Morgan fingerprint density at radius 1 is 1.10 bits per heavy atom. The first-order valence-corrected chi connectivity index (χ1v) is 7.45. The van der Waals surface area contributed by atoms with E-state index in [1.54, 1.807) is 0 Å². The number of hydrogen-bond donors (Lipinski definition) is 3. The van der Waals surface area contributed by atoms with Crippen molar-refractivity contribution in [3.8, 4) is 0 Å². The summed E-state index contributed by atoms with van der Waals surface area (Å²) in [5.74, 6) is -0.312. The molecule has 0 aliphatic heterocycles. The van der Waals surface area contributed by atoms with Crippen molar-refractivity contribution in [1.29, 1.82) is 0 Å². The zero-order valence-electron chi connectivity index (χ0n) is 12.2. The summed E-state index contributed by atoms with van der Waals surface area (Å²) in [7, 11) is 0. The minimum atomic E-state index is -0.263. The van der Waals surface area contributed by atoms with E-state index in [0.29, 0.717) is 6.54 Å². The van der Waals surface area contributed by atoms with E-state index in [2.05, 4.69) is 10.6 Å². The molecular formula is C16H23N3O2. The molecule has 0 aromatic heterocycles. The molecule has 4 N–H and O–H groups in total. The Labute approximate surface area is 125 Å². The van der Waals surface area contributed by atoms with Crippen LogP contribution in [0.1, 0.15) is 31.2 Å². The van der Waals surface area contributed by atoms with Gasteiger partial charge < -0.3 is 16.4 Å². The lowest BCUT2D eigenvalue weighted by molar-refractivity contribution is -0.126. The summed E-state index contributed by atoms with van der Waals surface area (Å²) in [6.45, 7) is 0.462. The number of carbonyl (C=O) groups excluding carboxylic acids is 2. The highest BCUT2D eigenvalue weighted by Crippen LogP contribution is 2.28. The van der Waals surface area contributed by atoms with E-state index in [4.69, 9.17) is 5.73 Å². The van der Waals surface area contributed by atoms with Crippen LogP contribution < -0.4 is 16.4 Å². The van der Waals surface area contributed by atoms with Gasteiger partial charge in [0.05, 0.1) is 18.5 Å². The van der Waals surface area contributed by atoms with Crippen molar-refractivity contribution in [3.63, 3.8) is 0 Å². The van der Waals surface area contributed by atoms with Gasteiger partial charge in [0.2, 0.25) is 11.8 Å². The molecule has 1 fully saturated rings. The summed E-state index contributed by atoms with van der Waals surface area (Å²) in [6.07, 6.45) is 4.33. The molecule has 1 saturated carbocycles. The minimum Gasteiger partial charge on any atom is -0.348 e. The average molecular weight is 289 g/mol. The normalized spacial score (nSPS) is 16.4. The molecule has 2 amide bonds. The number of carbonyl (C=O) groups is 2. The molecule has 0 heterocycles. The van der Waals surface area contributed by atoms with E-state index in [1.807, 2.05) is 30.3 Å². The van der Waals surface area contributed by atoms with Crippen molar-refractivity contribution < 1.29 is 9.59 Å². The Morgan fingerprint density at radius 2 is 1.76 bits per heavy atom. The van der Waals surface area contributed by atoms with Gasteiger partial charge in [-0.15, -0.1) is 0 Å². The van der Waals surface area contributed by atoms with Crippen molar-refractivity contribution in [1.82, 2.24) is 10.6 Å². The number of nitrogens with one attached hydrogen (secondary N) is 2. The van der Waals surface area contributed by atoms with Crippen LogP contribution in [0.3, 0.4) is 0 Å². The molecule has 1 aliphatic carbocycles. The van der Waals surface area contributed by atoms with Crippen LogP contribution in [0.4, 0.5) is 0 Å². The molecule has 0 unspecified atom stereocenters. The Morgan fingerprint density at radius 3 is 2.38 bits per heavy atom. The van der Waals surface area contributed by atoms with E-state index >= 15 is 0 Å². The molecule has 0 radical (unpaired) electrons. The summed E-state index contributed by atoms with van der Waals surface area (Å²) in [5.41, 5.74) is 6.45. The van der Waals surface area contributed by atoms with Gasteiger partial charge in [-0.25, -0.2) is 0 Å². The van der Waals surface area contributed by atoms with E-state index in [-0.39, 0.29) is 30.3 Å². The highest BCUT2D eigenvalue weighted by Gasteiger charge is 2.33. The minimum absolute atomic E-state index is 0.00736. The maximum Gasteiger partial charge on any atom is 0.239 e. The van der Waals surface area contributed by atoms with Gasteiger partial charge in [-0.1, -0.05) is 43.2 Å². The van der Waals surface area contributed by atoms with E-state index in [0.717, 1.165) is 31.2 Å². The second kappa shape index (κ2) is 7.22. The number of rotatable bonds is 6. The third-order valence-electron chi connectivity index (χ3n) is 4.01. The molecule has 0 saturated heterocycles. The SMILES string of the molecule is NCC1(NC(=O)CNC(=O)Cc2ccccc2)CCCC1. The second-order valence-corrected chi connectivity index (χ2v) is 5.68. The van der Waals surface area contributed by atoms with Crippen LogP contribution in [-0.4, -0.2) is 30.4 Å². The van der Waals surface area contributed by atoms with Gasteiger partial charge in [0, 0.05) is 6.54 Å². The number of nitrogens with two attached hydrogens (primary N) is 1. The lowest BCUT2D eigenvalue weighted by Crippen LogP contribution is -2.54. The molecule has 21 heavy (non-hydrogen) atoms. The fourth-order valence-corrected chi connectivity index (χ4v) is 2.79. The zero-order valence-corrected chi connectivity index (χ0v) is 12.2. The predicted molar refractivity (Wildman–Crippen MR) is 81.6 cm³/mol. The molecule has 0 bridgehead atoms. The Hall–Kier alpha value is -1.88. The predicted octanol–water partition coefficient (Wildman–Crippen LogP) is 0.733. The molecule has 0 atom stereocenters. The third-order valence-corrected chi connectivity index (χ3v) is 4.01. The standard InChI is InChI=1S/C16H23N3O2/c17-12-16(8-4-5-9-16)19-15(21)11-18-14(20)10-13-6-2-1-3-7-13/h1-3,6-7H,4-5,8-12,17H2,(H,18,20)(H,19,21). The Kier molecular flexibility index (Phi) is 5.33. The zero-order chi connectivity index (χ0) is 15.1. The van der Waals surface area contributed by atoms with Crippen LogP contribution >= 0.6 is 0 Å². The molecular weight excluding hydrogens is 266 g/mol. The second-order valence-electron chi connectivity index (χ2n) is 5.68. The van der Waals surface area contributed by atoms with Gasteiger partial charge in [-0.3, -0.25) is 9.59 Å². The summed E-state index contributed by atoms with van der Waals surface area (Å²) in [4.78, 5) is 23.7. The molecule has 5 nitrogen and oxygen atoms in total. The van der Waals surface area contributed by atoms with Crippen LogP contribution in [0, 0.1) is 0 Å².